The van der Waals surface area contributed by atoms with E-state index in [0.717, 1.165) is 32.6 Å². The molecule has 1 saturated heterocycles. The summed E-state index contributed by atoms with van der Waals surface area (Å²) in [6.45, 7) is 4.73. The molecule has 2 unspecified atom stereocenters. The number of alkyl halides is 3. The molecule has 18 heavy (non-hydrogen) atoms. The van der Waals surface area contributed by atoms with E-state index >= 15 is 0 Å². The van der Waals surface area contributed by atoms with Crippen LogP contribution in [0.5, 0.6) is 0 Å². The van der Waals surface area contributed by atoms with Crippen molar-refractivity contribution in [1.29, 1.82) is 0 Å². The number of hydrogen-bond acceptors (Lipinski definition) is 3. The van der Waals surface area contributed by atoms with Crippen molar-refractivity contribution in [2.45, 2.75) is 25.9 Å². The first-order chi connectivity index (χ1) is 8.42. The van der Waals surface area contributed by atoms with E-state index in [4.69, 9.17) is 5.73 Å². The average molecular weight is 268 g/mol. The third-order valence-electron chi connectivity index (χ3n) is 3.50. The standard InChI is InChI=1S/C12H23F3N2O/c1-10-8-17(5-3-11(10)7-16)4-2-6-18-9-12(13,14)15/h10-11H,2-9,16H2,1H3. The maximum absolute atomic E-state index is 11.8. The number of rotatable bonds is 6. The van der Waals surface area contributed by atoms with Gasteiger partial charge in [-0.05, 0) is 37.8 Å². The molecule has 1 fully saturated rings. The van der Waals surface area contributed by atoms with Crippen molar-refractivity contribution >= 4 is 0 Å². The summed E-state index contributed by atoms with van der Waals surface area (Å²) in [4.78, 5) is 2.29. The highest BCUT2D eigenvalue weighted by molar-refractivity contribution is 4.78. The van der Waals surface area contributed by atoms with Gasteiger partial charge in [0.15, 0.2) is 0 Å². The second kappa shape index (κ2) is 7.31. The molecule has 2 atom stereocenters. The SMILES string of the molecule is CC1CN(CCCOCC(F)(F)F)CCC1CN. The van der Waals surface area contributed by atoms with E-state index < -0.39 is 12.8 Å². The van der Waals surface area contributed by atoms with Crippen LogP contribution in [-0.4, -0.2) is 50.5 Å². The highest BCUT2D eigenvalue weighted by atomic mass is 19.4. The lowest BCUT2D eigenvalue weighted by Gasteiger charge is -2.36. The third kappa shape index (κ3) is 6.02. The Morgan fingerprint density at radius 3 is 2.67 bits per heavy atom. The van der Waals surface area contributed by atoms with Gasteiger partial charge in [-0.2, -0.15) is 13.2 Å². The quantitative estimate of drug-likeness (QED) is 0.747. The third-order valence-corrected chi connectivity index (χ3v) is 3.50. The molecule has 3 nitrogen and oxygen atoms in total. The van der Waals surface area contributed by atoms with Crippen LogP contribution in [0.3, 0.4) is 0 Å². The van der Waals surface area contributed by atoms with Crippen LogP contribution in [0.1, 0.15) is 19.8 Å². The van der Waals surface area contributed by atoms with Gasteiger partial charge in [0.2, 0.25) is 0 Å². The Morgan fingerprint density at radius 1 is 1.39 bits per heavy atom. The molecule has 1 rings (SSSR count). The van der Waals surface area contributed by atoms with Crippen LogP contribution >= 0.6 is 0 Å². The monoisotopic (exact) mass is 268 g/mol. The normalized spacial score (nSPS) is 26.5. The summed E-state index contributed by atoms with van der Waals surface area (Å²) in [5.41, 5.74) is 5.67. The van der Waals surface area contributed by atoms with Crippen LogP contribution in [0.4, 0.5) is 13.2 Å². The van der Waals surface area contributed by atoms with Gasteiger partial charge in [-0.25, -0.2) is 0 Å². The lowest BCUT2D eigenvalue weighted by Crippen LogP contribution is -2.42. The fourth-order valence-electron chi connectivity index (χ4n) is 2.41. The lowest BCUT2D eigenvalue weighted by molar-refractivity contribution is -0.174. The molecule has 0 saturated carbocycles. The predicted octanol–water partition coefficient (Wildman–Crippen LogP) is 1.87. The number of nitrogens with zero attached hydrogens (tertiary/aromatic N) is 1. The van der Waals surface area contributed by atoms with Crippen LogP contribution in [0.15, 0.2) is 0 Å². The Kier molecular flexibility index (Phi) is 6.38. The van der Waals surface area contributed by atoms with E-state index in [-0.39, 0.29) is 6.61 Å². The second-order valence-corrected chi connectivity index (χ2v) is 5.08. The number of nitrogens with two attached hydrogens (primary N) is 1. The number of halogens is 3. The van der Waals surface area contributed by atoms with Gasteiger partial charge in [0.05, 0.1) is 0 Å². The van der Waals surface area contributed by atoms with E-state index in [1.54, 1.807) is 0 Å². The van der Waals surface area contributed by atoms with Gasteiger partial charge in [0.25, 0.3) is 0 Å². The van der Waals surface area contributed by atoms with Gasteiger partial charge < -0.3 is 15.4 Å². The van der Waals surface area contributed by atoms with Gasteiger partial charge in [0.1, 0.15) is 6.61 Å². The number of likely N-dealkylation sites (tertiary alicyclic amines) is 1. The first-order valence-electron chi connectivity index (χ1n) is 6.49. The van der Waals surface area contributed by atoms with Crippen molar-refractivity contribution in [3.63, 3.8) is 0 Å². The minimum Gasteiger partial charge on any atom is -0.372 e. The molecule has 1 heterocycles. The molecule has 6 heteroatoms. The minimum absolute atomic E-state index is 0.171. The van der Waals surface area contributed by atoms with Gasteiger partial charge >= 0.3 is 6.18 Å². The molecule has 0 spiro atoms. The zero-order chi connectivity index (χ0) is 13.6. The summed E-state index contributed by atoms with van der Waals surface area (Å²) in [6.07, 6.45) is -2.48. The first kappa shape index (κ1) is 15.7. The second-order valence-electron chi connectivity index (χ2n) is 5.08. The van der Waals surface area contributed by atoms with Crippen LogP contribution < -0.4 is 5.73 Å². The van der Waals surface area contributed by atoms with Crippen LogP contribution in [0.25, 0.3) is 0 Å². The molecular weight excluding hydrogens is 245 g/mol. The van der Waals surface area contributed by atoms with E-state index in [9.17, 15) is 13.2 Å². The van der Waals surface area contributed by atoms with Crippen LogP contribution in [-0.2, 0) is 4.74 Å². The zero-order valence-corrected chi connectivity index (χ0v) is 10.9. The molecule has 1 aliphatic rings. The summed E-state index contributed by atoms with van der Waals surface area (Å²) >= 11 is 0. The topological polar surface area (TPSA) is 38.5 Å². The van der Waals surface area contributed by atoms with Gasteiger partial charge in [-0.1, -0.05) is 6.92 Å². The molecule has 0 aromatic heterocycles. The summed E-state index contributed by atoms with van der Waals surface area (Å²) in [6, 6.07) is 0. The highest BCUT2D eigenvalue weighted by Crippen LogP contribution is 2.22. The fourth-order valence-corrected chi connectivity index (χ4v) is 2.41. The molecule has 0 bridgehead atoms. The highest BCUT2D eigenvalue weighted by Gasteiger charge is 2.27. The average Bonchev–Trinajstić information content (AvgIpc) is 2.27. The lowest BCUT2D eigenvalue weighted by atomic mass is 9.87. The summed E-state index contributed by atoms with van der Waals surface area (Å²) in [5, 5.41) is 0. The van der Waals surface area contributed by atoms with E-state index in [1.165, 1.54) is 0 Å². The molecule has 108 valence electrons. The van der Waals surface area contributed by atoms with Gasteiger partial charge in [0, 0.05) is 19.7 Å². The van der Waals surface area contributed by atoms with Crippen molar-refractivity contribution in [1.82, 2.24) is 4.90 Å². The first-order valence-corrected chi connectivity index (χ1v) is 6.49. The molecule has 1 aliphatic heterocycles. The number of hydrogen-bond donors (Lipinski definition) is 1. The van der Waals surface area contributed by atoms with Crippen molar-refractivity contribution in [3.8, 4) is 0 Å². The van der Waals surface area contributed by atoms with Gasteiger partial charge in [-0.3, -0.25) is 0 Å². The Labute approximate surface area is 106 Å². The molecule has 0 aromatic carbocycles. The van der Waals surface area contributed by atoms with Crippen molar-refractivity contribution < 1.29 is 17.9 Å². The van der Waals surface area contributed by atoms with Crippen LogP contribution in [0, 0.1) is 11.8 Å². The molecular formula is C12H23F3N2O. The maximum Gasteiger partial charge on any atom is 0.411 e. The summed E-state index contributed by atoms with van der Waals surface area (Å²) in [5.74, 6) is 1.16. The summed E-state index contributed by atoms with van der Waals surface area (Å²) in [7, 11) is 0. The molecule has 0 radical (unpaired) electrons. The minimum atomic E-state index is -4.21. The zero-order valence-electron chi connectivity index (χ0n) is 10.9. The van der Waals surface area contributed by atoms with E-state index in [2.05, 4.69) is 16.6 Å². The Bertz CT molecular complexity index is 236. The van der Waals surface area contributed by atoms with Gasteiger partial charge in [-0.15, -0.1) is 0 Å². The molecule has 0 amide bonds. The van der Waals surface area contributed by atoms with Crippen LogP contribution in [0.2, 0.25) is 0 Å². The Balaban J connectivity index is 2.07. The summed E-state index contributed by atoms with van der Waals surface area (Å²) < 4.78 is 40.1. The van der Waals surface area contributed by atoms with E-state index in [1.807, 2.05) is 0 Å². The molecule has 2 N–H and O–H groups in total. The van der Waals surface area contributed by atoms with Crippen molar-refractivity contribution in [3.05, 3.63) is 0 Å². The maximum atomic E-state index is 11.8. The Hall–Kier alpha value is -0.330. The van der Waals surface area contributed by atoms with Crippen molar-refractivity contribution in [2.75, 3.05) is 39.4 Å². The largest absolute Gasteiger partial charge is 0.411 e. The fraction of sp³-hybridized carbons (Fsp3) is 1.00. The van der Waals surface area contributed by atoms with E-state index in [0.29, 0.717) is 18.3 Å². The predicted molar refractivity (Wildman–Crippen MR) is 64.3 cm³/mol. The number of ether oxygens (including phenoxy) is 1. The number of piperidine rings is 1. The molecule has 0 aromatic rings. The smallest absolute Gasteiger partial charge is 0.372 e. The molecule has 0 aliphatic carbocycles. The van der Waals surface area contributed by atoms with Crippen molar-refractivity contribution in [2.24, 2.45) is 17.6 Å². The Morgan fingerprint density at radius 2 is 2.11 bits per heavy atom.